The first-order valence-corrected chi connectivity index (χ1v) is 9.71. The van der Waals surface area contributed by atoms with E-state index >= 15 is 0 Å². The van der Waals surface area contributed by atoms with Crippen molar-refractivity contribution in [3.63, 3.8) is 0 Å². The minimum atomic E-state index is -0.522. The summed E-state index contributed by atoms with van der Waals surface area (Å²) in [5.41, 5.74) is 6.06. The highest BCUT2D eigenvalue weighted by Gasteiger charge is 2.13. The van der Waals surface area contributed by atoms with Gasteiger partial charge in [-0.05, 0) is 30.5 Å². The molecule has 2 aromatic carbocycles. The Morgan fingerprint density at radius 2 is 1.67 bits per heavy atom. The van der Waals surface area contributed by atoms with Crippen molar-refractivity contribution in [1.82, 2.24) is 10.9 Å². The lowest BCUT2D eigenvalue weighted by atomic mass is 10.1. The Morgan fingerprint density at radius 3 is 2.43 bits per heavy atom. The van der Waals surface area contributed by atoms with Crippen LogP contribution >= 0.6 is 0 Å². The Balaban J connectivity index is 1.64. The van der Waals surface area contributed by atoms with Crippen molar-refractivity contribution in [2.24, 2.45) is 0 Å². The molecule has 7 nitrogen and oxygen atoms in total. The van der Waals surface area contributed by atoms with Crippen molar-refractivity contribution in [3.05, 3.63) is 78.4 Å². The number of carbonyl (C=O) groups is 3. The van der Waals surface area contributed by atoms with Crippen LogP contribution in [0.5, 0.6) is 5.75 Å². The van der Waals surface area contributed by atoms with Gasteiger partial charge in [-0.15, -0.1) is 0 Å². The average Bonchev–Trinajstić information content (AvgIpc) is 2.78. The Bertz CT molecular complexity index is 852. The van der Waals surface area contributed by atoms with Crippen molar-refractivity contribution in [1.29, 1.82) is 0 Å². The maximum atomic E-state index is 12.2. The van der Waals surface area contributed by atoms with Crippen LogP contribution < -0.4 is 15.6 Å². The van der Waals surface area contributed by atoms with Crippen LogP contribution in [0.2, 0.25) is 0 Å². The van der Waals surface area contributed by atoms with E-state index in [2.05, 4.69) is 17.4 Å². The third kappa shape index (κ3) is 8.18. The molecule has 0 atom stereocenters. The predicted molar refractivity (Wildman–Crippen MR) is 113 cm³/mol. The van der Waals surface area contributed by atoms with Gasteiger partial charge in [-0.3, -0.25) is 25.2 Å². The van der Waals surface area contributed by atoms with E-state index in [1.807, 2.05) is 30.3 Å². The molecule has 0 bridgehead atoms. The van der Waals surface area contributed by atoms with E-state index in [0.717, 1.165) is 6.42 Å². The molecule has 0 aliphatic rings. The van der Waals surface area contributed by atoms with Crippen LogP contribution in [0.1, 0.15) is 35.2 Å². The average molecular weight is 410 g/mol. The minimum absolute atomic E-state index is 0.0634. The van der Waals surface area contributed by atoms with E-state index < -0.39 is 17.8 Å². The number of benzene rings is 2. The highest BCUT2D eigenvalue weighted by atomic mass is 16.5. The molecule has 0 aliphatic carbocycles. The number of hydrogen-bond donors (Lipinski definition) is 2. The molecule has 2 N–H and O–H groups in total. The summed E-state index contributed by atoms with van der Waals surface area (Å²) in [6, 6.07) is 16.6. The number of ether oxygens (including phenoxy) is 2. The van der Waals surface area contributed by atoms with E-state index in [1.165, 1.54) is 5.56 Å². The zero-order chi connectivity index (χ0) is 21.6. The molecule has 7 heteroatoms. The first kappa shape index (κ1) is 22.7. The summed E-state index contributed by atoms with van der Waals surface area (Å²) in [7, 11) is 0. The lowest BCUT2D eigenvalue weighted by Crippen LogP contribution is -2.41. The molecule has 0 unspecified atom stereocenters. The van der Waals surface area contributed by atoms with Crippen LogP contribution in [-0.4, -0.2) is 31.0 Å². The molecule has 2 rings (SSSR count). The summed E-state index contributed by atoms with van der Waals surface area (Å²) in [6.45, 7) is 4.11. The highest BCUT2D eigenvalue weighted by Crippen LogP contribution is 2.17. The number of amides is 2. The first-order valence-electron chi connectivity index (χ1n) is 9.71. The molecule has 0 spiro atoms. The number of nitrogens with one attached hydrogen (secondary N) is 2. The molecule has 0 heterocycles. The Labute approximate surface area is 176 Å². The molecule has 2 amide bonds. The summed E-state index contributed by atoms with van der Waals surface area (Å²) in [5.74, 6) is -1.09. The van der Waals surface area contributed by atoms with Gasteiger partial charge < -0.3 is 9.47 Å². The Kier molecular flexibility index (Phi) is 9.65. The molecule has 30 heavy (non-hydrogen) atoms. The van der Waals surface area contributed by atoms with Crippen LogP contribution in [0.4, 0.5) is 0 Å². The number of esters is 1. The van der Waals surface area contributed by atoms with Gasteiger partial charge >= 0.3 is 5.97 Å². The zero-order valence-corrected chi connectivity index (χ0v) is 16.8. The third-order valence-corrected chi connectivity index (χ3v) is 4.08. The lowest BCUT2D eigenvalue weighted by molar-refractivity contribution is -0.145. The topological polar surface area (TPSA) is 93.7 Å². The van der Waals surface area contributed by atoms with Crippen molar-refractivity contribution in [3.8, 4) is 5.75 Å². The van der Waals surface area contributed by atoms with Crippen molar-refractivity contribution in [2.75, 3.05) is 13.2 Å². The zero-order valence-electron chi connectivity index (χ0n) is 16.8. The van der Waals surface area contributed by atoms with Gasteiger partial charge in [0, 0.05) is 6.42 Å². The van der Waals surface area contributed by atoms with Crippen molar-refractivity contribution >= 4 is 17.8 Å². The fourth-order valence-electron chi connectivity index (χ4n) is 2.58. The monoisotopic (exact) mass is 410 g/mol. The van der Waals surface area contributed by atoms with Crippen LogP contribution in [0.15, 0.2) is 67.3 Å². The van der Waals surface area contributed by atoms with Gasteiger partial charge in [0.05, 0.1) is 18.6 Å². The van der Waals surface area contributed by atoms with Crippen molar-refractivity contribution < 1.29 is 23.9 Å². The lowest BCUT2D eigenvalue weighted by Gasteiger charge is -2.11. The number of carbonyl (C=O) groups excluding carboxylic acids is 3. The molecule has 0 saturated heterocycles. The van der Waals surface area contributed by atoms with Gasteiger partial charge in [0.15, 0.2) is 0 Å². The quantitative estimate of drug-likeness (QED) is 0.257. The van der Waals surface area contributed by atoms with Crippen LogP contribution in [0.3, 0.4) is 0 Å². The molecule has 158 valence electrons. The maximum absolute atomic E-state index is 12.2. The molecule has 0 aliphatic heterocycles. The molecular weight excluding hydrogens is 384 g/mol. The summed E-state index contributed by atoms with van der Waals surface area (Å²) in [6.07, 6.45) is 2.94. The van der Waals surface area contributed by atoms with Gasteiger partial charge in [0.2, 0.25) is 5.91 Å². The van der Waals surface area contributed by atoms with Gasteiger partial charge in [-0.2, -0.15) is 0 Å². The van der Waals surface area contributed by atoms with Gasteiger partial charge in [0.1, 0.15) is 12.4 Å². The largest absolute Gasteiger partial charge is 0.489 e. The Hall–Kier alpha value is -3.61. The fraction of sp³-hybridized carbons (Fsp3) is 0.261. The summed E-state index contributed by atoms with van der Waals surface area (Å²) in [4.78, 5) is 35.9. The second kappa shape index (κ2) is 12.8. The number of para-hydroxylation sites is 1. The first-order chi connectivity index (χ1) is 14.6. The van der Waals surface area contributed by atoms with E-state index in [0.29, 0.717) is 18.8 Å². The molecule has 0 saturated carbocycles. The van der Waals surface area contributed by atoms with Crippen molar-refractivity contribution in [2.45, 2.75) is 25.7 Å². The summed E-state index contributed by atoms with van der Waals surface area (Å²) < 4.78 is 10.5. The second-order valence-electron chi connectivity index (χ2n) is 6.41. The smallest absolute Gasteiger partial charge is 0.306 e. The van der Waals surface area contributed by atoms with E-state index in [4.69, 9.17) is 9.47 Å². The summed E-state index contributed by atoms with van der Waals surface area (Å²) in [5, 5.41) is 0. The molecular formula is C23H26N2O5. The van der Waals surface area contributed by atoms with Crippen LogP contribution in [0, 0.1) is 0 Å². The molecule has 0 fully saturated rings. The standard InChI is InChI=1S/C23H26N2O5/c1-2-16-29-20-13-7-6-12-19(20)23(28)25-24-21(26)14-15-22(27)30-17-8-11-18-9-4-3-5-10-18/h2-7,9-10,12-13H,1,8,11,14-17H2,(H,24,26)(H,25,28). The van der Waals surface area contributed by atoms with E-state index in [-0.39, 0.29) is 25.0 Å². The van der Waals surface area contributed by atoms with E-state index in [9.17, 15) is 14.4 Å². The third-order valence-electron chi connectivity index (χ3n) is 4.08. The minimum Gasteiger partial charge on any atom is -0.489 e. The number of rotatable bonds is 11. The Morgan fingerprint density at radius 1 is 0.933 bits per heavy atom. The molecule has 0 aromatic heterocycles. The highest BCUT2D eigenvalue weighted by molar-refractivity contribution is 5.98. The van der Waals surface area contributed by atoms with Crippen LogP contribution in [-0.2, 0) is 20.7 Å². The SMILES string of the molecule is C=CCOc1ccccc1C(=O)NNC(=O)CCC(=O)OCCCc1ccccc1. The number of aryl methyl sites for hydroxylation is 1. The normalized spacial score (nSPS) is 10.0. The fourth-order valence-corrected chi connectivity index (χ4v) is 2.58. The van der Waals surface area contributed by atoms with Gasteiger partial charge in [0.25, 0.3) is 5.91 Å². The van der Waals surface area contributed by atoms with Gasteiger partial charge in [-0.1, -0.05) is 55.1 Å². The number of hydrazine groups is 1. The van der Waals surface area contributed by atoms with E-state index in [1.54, 1.807) is 30.3 Å². The molecule has 2 aromatic rings. The number of hydrogen-bond acceptors (Lipinski definition) is 5. The molecule has 0 radical (unpaired) electrons. The second-order valence-corrected chi connectivity index (χ2v) is 6.41. The summed E-state index contributed by atoms with van der Waals surface area (Å²) >= 11 is 0. The predicted octanol–water partition coefficient (Wildman–Crippen LogP) is 2.97. The van der Waals surface area contributed by atoms with Crippen LogP contribution in [0.25, 0.3) is 0 Å². The maximum Gasteiger partial charge on any atom is 0.306 e. The van der Waals surface area contributed by atoms with Gasteiger partial charge in [-0.25, -0.2) is 0 Å².